The number of hydrogen-bond donors (Lipinski definition) is 0. The minimum Gasteiger partial charge on any atom is -1.00 e. The van der Waals surface area contributed by atoms with Gasteiger partial charge < -0.3 is 21.4 Å². The average Bonchev–Trinajstić information content (AvgIpc) is 2.06. The van der Waals surface area contributed by atoms with Crippen LogP contribution in [0.15, 0.2) is 24.3 Å². The van der Waals surface area contributed by atoms with Gasteiger partial charge in [0.05, 0.1) is 0 Å². The first kappa shape index (κ1) is 19.7. The van der Waals surface area contributed by atoms with Crippen LogP contribution in [0.1, 0.15) is 26.3 Å². The summed E-state index contributed by atoms with van der Waals surface area (Å²) in [6, 6.07) is 7.98. The van der Waals surface area contributed by atoms with E-state index in [0.29, 0.717) is 0 Å². The summed E-state index contributed by atoms with van der Waals surface area (Å²) in [6.07, 6.45) is 0. The molecule has 0 N–H and O–H groups in total. The zero-order chi connectivity index (χ0) is 11.7. The fraction of sp³-hybridized carbons (Fsp3) is 0.462. The fourth-order valence-corrected chi connectivity index (χ4v) is 2.09. The van der Waals surface area contributed by atoms with E-state index in [9.17, 15) is 0 Å². The van der Waals surface area contributed by atoms with Crippen molar-refractivity contribution in [2.24, 2.45) is 0 Å². The predicted octanol–water partition coefficient (Wildman–Crippen LogP) is 0.876. The quantitative estimate of drug-likeness (QED) is 0.579. The summed E-state index contributed by atoms with van der Waals surface area (Å²) >= 11 is 0. The van der Waals surface area contributed by atoms with E-state index in [1.54, 1.807) is 0 Å². The van der Waals surface area contributed by atoms with Crippen LogP contribution < -0.4 is 21.4 Å². The SMILES string of the molecule is [Br-].[CH2-]c1ccccc1O[Si](C)(C)C(C)(C)C.[Mg+2]. The standard InChI is InChI=1S/C13H21OSi.BrH.Mg/c1-11-9-7-8-10-12(11)14-15(5,6)13(2,3)4;;/h7-10H,1H2,2-6H3;1H;/q-1;;+2/p-1. The van der Waals surface area contributed by atoms with Crippen LogP contribution in [0.4, 0.5) is 0 Å². The van der Waals surface area contributed by atoms with Crippen LogP contribution in [0.5, 0.6) is 5.75 Å². The average molecular weight is 326 g/mol. The number of benzene rings is 1. The van der Waals surface area contributed by atoms with Crippen LogP contribution in [-0.4, -0.2) is 31.4 Å². The van der Waals surface area contributed by atoms with Gasteiger partial charge in [-0.25, -0.2) is 0 Å². The van der Waals surface area contributed by atoms with Crippen molar-refractivity contribution in [2.75, 3.05) is 0 Å². The van der Waals surface area contributed by atoms with Gasteiger partial charge in [0.25, 0.3) is 0 Å². The Morgan fingerprint density at radius 2 is 1.59 bits per heavy atom. The van der Waals surface area contributed by atoms with E-state index < -0.39 is 8.32 Å². The van der Waals surface area contributed by atoms with Crippen molar-refractivity contribution in [2.45, 2.75) is 38.9 Å². The molecule has 0 aromatic heterocycles. The van der Waals surface area contributed by atoms with E-state index in [0.717, 1.165) is 11.3 Å². The Kier molecular flexibility index (Phi) is 8.19. The molecule has 17 heavy (non-hydrogen) atoms. The summed E-state index contributed by atoms with van der Waals surface area (Å²) < 4.78 is 6.17. The minimum absolute atomic E-state index is 0. The van der Waals surface area contributed by atoms with Crippen molar-refractivity contribution in [1.29, 1.82) is 0 Å². The van der Waals surface area contributed by atoms with Gasteiger partial charge >= 0.3 is 23.1 Å². The zero-order valence-corrected chi connectivity index (χ0v) is 15.5. The Morgan fingerprint density at radius 3 is 2.00 bits per heavy atom. The van der Waals surface area contributed by atoms with E-state index in [-0.39, 0.29) is 45.1 Å². The maximum atomic E-state index is 6.17. The largest absolute Gasteiger partial charge is 2.00 e. The fourth-order valence-electron chi connectivity index (χ4n) is 1.03. The van der Waals surface area contributed by atoms with Crippen LogP contribution in [0.2, 0.25) is 18.1 Å². The molecule has 1 aromatic carbocycles. The summed E-state index contributed by atoms with van der Waals surface area (Å²) in [6.45, 7) is 15.2. The zero-order valence-electron chi connectivity index (χ0n) is 11.5. The van der Waals surface area contributed by atoms with Crippen molar-refractivity contribution in [3.8, 4) is 5.75 Å². The molecule has 0 bridgehead atoms. The van der Waals surface area contributed by atoms with Gasteiger partial charge in [-0.15, -0.1) is 6.07 Å². The van der Waals surface area contributed by atoms with Gasteiger partial charge in [0.1, 0.15) is 0 Å². The number of halogens is 1. The van der Waals surface area contributed by atoms with E-state index in [1.807, 2.05) is 24.3 Å². The Labute approximate surface area is 133 Å². The molecule has 1 aromatic rings. The van der Waals surface area contributed by atoms with Crippen LogP contribution in [0.3, 0.4) is 0 Å². The first-order valence-corrected chi connectivity index (χ1v) is 8.25. The van der Waals surface area contributed by atoms with Gasteiger partial charge in [-0.3, -0.25) is 0 Å². The summed E-state index contributed by atoms with van der Waals surface area (Å²) in [5, 5.41) is 0.231. The van der Waals surface area contributed by atoms with Gasteiger partial charge in [0.15, 0.2) is 0 Å². The maximum Gasteiger partial charge on any atom is 2.00 e. The molecule has 0 atom stereocenters. The second-order valence-electron chi connectivity index (χ2n) is 5.47. The third-order valence-electron chi connectivity index (χ3n) is 3.14. The predicted molar refractivity (Wildman–Crippen MR) is 74.5 cm³/mol. The molecule has 0 amide bonds. The first-order valence-electron chi connectivity index (χ1n) is 5.34. The molecule has 1 nitrogen and oxygen atoms in total. The van der Waals surface area contributed by atoms with Crippen molar-refractivity contribution >= 4 is 31.4 Å². The Balaban J connectivity index is 0. The van der Waals surface area contributed by atoms with Crippen molar-refractivity contribution in [3.05, 3.63) is 36.8 Å². The van der Waals surface area contributed by atoms with Gasteiger partial charge in [-0.2, -0.15) is 18.6 Å². The van der Waals surface area contributed by atoms with Gasteiger partial charge in [-0.1, -0.05) is 32.9 Å². The second kappa shape index (κ2) is 7.07. The number of hydrogen-bond acceptors (Lipinski definition) is 1. The summed E-state index contributed by atoms with van der Waals surface area (Å²) in [4.78, 5) is 0. The van der Waals surface area contributed by atoms with Crippen molar-refractivity contribution < 1.29 is 21.4 Å². The molecule has 0 saturated carbocycles. The topological polar surface area (TPSA) is 9.23 Å². The van der Waals surface area contributed by atoms with Crippen LogP contribution in [0.25, 0.3) is 0 Å². The van der Waals surface area contributed by atoms with Crippen LogP contribution >= 0.6 is 0 Å². The van der Waals surface area contributed by atoms with Crippen LogP contribution in [-0.2, 0) is 0 Å². The van der Waals surface area contributed by atoms with E-state index in [4.69, 9.17) is 4.43 Å². The Morgan fingerprint density at radius 1 is 1.12 bits per heavy atom. The molecule has 0 fully saturated rings. The molecular formula is C13H21BrMgOSi. The van der Waals surface area contributed by atoms with Crippen molar-refractivity contribution in [1.82, 2.24) is 0 Å². The van der Waals surface area contributed by atoms with Gasteiger partial charge in [0, 0.05) is 0 Å². The van der Waals surface area contributed by atoms with Gasteiger partial charge in [0.2, 0.25) is 8.32 Å². The summed E-state index contributed by atoms with van der Waals surface area (Å²) in [7, 11) is -1.72. The molecule has 4 heteroatoms. The van der Waals surface area contributed by atoms with E-state index in [2.05, 4.69) is 40.8 Å². The second-order valence-corrected chi connectivity index (χ2v) is 10.2. The van der Waals surface area contributed by atoms with Gasteiger partial charge in [-0.05, 0) is 23.9 Å². The molecule has 0 aliphatic heterocycles. The number of para-hydroxylation sites is 1. The smallest absolute Gasteiger partial charge is 1.00 e. The van der Waals surface area contributed by atoms with Crippen molar-refractivity contribution in [3.63, 3.8) is 0 Å². The number of rotatable bonds is 2. The monoisotopic (exact) mass is 324 g/mol. The minimum atomic E-state index is -1.72. The first-order chi connectivity index (χ1) is 6.74. The molecule has 0 unspecified atom stereocenters. The summed E-state index contributed by atoms with van der Waals surface area (Å²) in [5.74, 6) is 0.934. The molecular weight excluding hydrogens is 304 g/mol. The Bertz CT molecular complexity index is 348. The van der Waals surface area contributed by atoms with E-state index in [1.165, 1.54) is 0 Å². The van der Waals surface area contributed by atoms with E-state index >= 15 is 0 Å². The Hall–Kier alpha value is 0.353. The molecule has 92 valence electrons. The third kappa shape index (κ3) is 5.24. The third-order valence-corrected chi connectivity index (χ3v) is 7.49. The molecule has 0 aliphatic carbocycles. The molecule has 0 saturated heterocycles. The molecule has 0 heterocycles. The van der Waals surface area contributed by atoms with Crippen LogP contribution in [0, 0.1) is 6.92 Å². The molecule has 0 spiro atoms. The molecule has 0 radical (unpaired) electrons. The molecule has 0 aliphatic rings. The maximum absolute atomic E-state index is 6.17. The summed E-state index contributed by atoms with van der Waals surface area (Å²) in [5.41, 5.74) is 0.974. The normalized spacial score (nSPS) is 11.1. The molecule has 1 rings (SSSR count).